The SMILES string of the molecule is COC1CC(C2CCCC(n3cc4c(C(F)(F)F)cc([C@H](C)N5CCC(F)CC5)cn4c3=O)C2)(C2NNCN2C)C1. The number of nitrogens with zero attached hydrogens (tertiary/aromatic N) is 4. The van der Waals surface area contributed by atoms with Crippen molar-refractivity contribution in [2.24, 2.45) is 11.3 Å². The summed E-state index contributed by atoms with van der Waals surface area (Å²) in [4.78, 5) is 18.1. The van der Waals surface area contributed by atoms with E-state index in [0.29, 0.717) is 37.4 Å². The summed E-state index contributed by atoms with van der Waals surface area (Å²) in [5, 5.41) is 0. The van der Waals surface area contributed by atoms with Crippen molar-refractivity contribution in [3.8, 4) is 0 Å². The Bertz CT molecular complexity index is 1300. The largest absolute Gasteiger partial charge is 0.418 e. The van der Waals surface area contributed by atoms with Gasteiger partial charge in [-0.15, -0.1) is 0 Å². The molecule has 3 unspecified atom stereocenters. The molecule has 0 aromatic carbocycles. The quantitative estimate of drug-likeness (QED) is 0.491. The van der Waals surface area contributed by atoms with Gasteiger partial charge in [0.2, 0.25) is 0 Å². The number of rotatable bonds is 6. The van der Waals surface area contributed by atoms with Gasteiger partial charge in [-0.25, -0.2) is 20.0 Å². The predicted octanol–water partition coefficient (Wildman–Crippen LogP) is 4.46. The Morgan fingerprint density at radius 3 is 2.49 bits per heavy atom. The van der Waals surface area contributed by atoms with Gasteiger partial charge in [-0.05, 0) is 76.5 Å². The van der Waals surface area contributed by atoms with E-state index in [1.165, 1.54) is 16.7 Å². The molecule has 0 bridgehead atoms. The molecule has 2 saturated carbocycles. The van der Waals surface area contributed by atoms with Crippen molar-refractivity contribution >= 4 is 5.52 Å². The van der Waals surface area contributed by atoms with Crippen LogP contribution in [0.3, 0.4) is 0 Å². The van der Waals surface area contributed by atoms with E-state index in [1.807, 2.05) is 11.8 Å². The topological polar surface area (TPSA) is 66.2 Å². The number of hydrogen-bond donors (Lipinski definition) is 2. The molecule has 2 aliphatic carbocycles. The molecule has 2 aromatic heterocycles. The van der Waals surface area contributed by atoms with Crippen molar-refractivity contribution < 1.29 is 22.3 Å². The van der Waals surface area contributed by atoms with Gasteiger partial charge in [0, 0.05) is 50.1 Å². The Kier molecular flexibility index (Phi) is 7.76. The zero-order chi connectivity index (χ0) is 29.1. The lowest BCUT2D eigenvalue weighted by Gasteiger charge is -2.57. The van der Waals surface area contributed by atoms with Gasteiger partial charge in [-0.3, -0.25) is 18.8 Å². The van der Waals surface area contributed by atoms with Crippen molar-refractivity contribution in [2.45, 2.75) is 95.0 Å². The average Bonchev–Trinajstić information content (AvgIpc) is 3.50. The molecule has 0 amide bonds. The van der Waals surface area contributed by atoms with Gasteiger partial charge < -0.3 is 4.74 Å². The van der Waals surface area contributed by atoms with E-state index >= 15 is 0 Å². The Balaban J connectivity index is 1.33. The van der Waals surface area contributed by atoms with Crippen LogP contribution in [-0.2, 0) is 10.9 Å². The number of nitrogens with one attached hydrogen (secondary N) is 2. The van der Waals surface area contributed by atoms with E-state index in [9.17, 15) is 22.4 Å². The molecule has 0 radical (unpaired) electrons. The molecule has 4 heterocycles. The Hall–Kier alpha value is -1.99. The first-order valence-corrected chi connectivity index (χ1v) is 15.0. The second-order valence-electron chi connectivity index (χ2n) is 12.8. The zero-order valence-corrected chi connectivity index (χ0v) is 24.1. The highest BCUT2D eigenvalue weighted by Gasteiger charge is 2.57. The van der Waals surface area contributed by atoms with E-state index in [1.54, 1.807) is 17.9 Å². The van der Waals surface area contributed by atoms with Crippen LogP contribution >= 0.6 is 0 Å². The molecule has 2 aliphatic heterocycles. The number of piperidine rings is 1. The molecule has 4 atom stereocenters. The number of aromatic nitrogens is 2. The highest BCUT2D eigenvalue weighted by Crippen LogP contribution is 2.57. The zero-order valence-electron chi connectivity index (χ0n) is 24.1. The Morgan fingerprint density at radius 2 is 1.85 bits per heavy atom. The highest BCUT2D eigenvalue weighted by atomic mass is 19.4. The molecular formula is C29H42F4N6O2. The van der Waals surface area contributed by atoms with Gasteiger partial charge in [0.25, 0.3) is 0 Å². The average molecular weight is 583 g/mol. The third-order valence-electron chi connectivity index (χ3n) is 10.6. The summed E-state index contributed by atoms with van der Waals surface area (Å²) in [6.07, 6.45) is 3.81. The smallest absolute Gasteiger partial charge is 0.381 e. The van der Waals surface area contributed by atoms with Gasteiger partial charge in [0.15, 0.2) is 0 Å². The van der Waals surface area contributed by atoms with Crippen LogP contribution in [0.4, 0.5) is 17.6 Å². The first kappa shape index (κ1) is 29.1. The third kappa shape index (κ3) is 5.13. The number of hydrazine groups is 1. The summed E-state index contributed by atoms with van der Waals surface area (Å²) in [6, 6.07) is 0.640. The number of imidazole rings is 1. The molecule has 6 rings (SSSR count). The predicted molar refractivity (Wildman–Crippen MR) is 147 cm³/mol. The van der Waals surface area contributed by atoms with Crippen LogP contribution in [0, 0.1) is 11.3 Å². The molecule has 4 aliphatic rings. The normalized spacial score (nSPS) is 33.3. The molecule has 2 aromatic rings. The van der Waals surface area contributed by atoms with E-state index in [0.717, 1.165) is 45.2 Å². The van der Waals surface area contributed by atoms with Crippen LogP contribution in [0.25, 0.3) is 5.52 Å². The van der Waals surface area contributed by atoms with Crippen molar-refractivity contribution in [2.75, 3.05) is 33.9 Å². The third-order valence-corrected chi connectivity index (χ3v) is 10.6. The Labute approximate surface area is 238 Å². The molecular weight excluding hydrogens is 540 g/mol. The van der Waals surface area contributed by atoms with Crippen molar-refractivity contribution in [3.05, 3.63) is 40.1 Å². The van der Waals surface area contributed by atoms with Crippen LogP contribution < -0.4 is 16.5 Å². The van der Waals surface area contributed by atoms with Gasteiger partial charge in [0.1, 0.15) is 6.17 Å². The van der Waals surface area contributed by atoms with Gasteiger partial charge in [-0.2, -0.15) is 13.2 Å². The number of halogens is 4. The fourth-order valence-electron chi connectivity index (χ4n) is 8.14. The van der Waals surface area contributed by atoms with Gasteiger partial charge >= 0.3 is 11.9 Å². The van der Waals surface area contributed by atoms with E-state index in [2.05, 4.69) is 22.8 Å². The molecule has 41 heavy (non-hydrogen) atoms. The minimum atomic E-state index is -4.61. The number of alkyl halides is 4. The number of ether oxygens (including phenoxy) is 1. The molecule has 12 heteroatoms. The van der Waals surface area contributed by atoms with Crippen LogP contribution in [-0.4, -0.2) is 71.1 Å². The summed E-state index contributed by atoms with van der Waals surface area (Å²) in [6.45, 7) is 3.53. The maximum atomic E-state index is 14.4. The standard InChI is InChI=1S/C29H42F4N6O2/c1-18(37-9-7-21(30)8-10-37)19-11-24(29(31,32)33)25-16-38(27(40)39(25)15-19)22-6-4-5-20(12-22)28(13-23(14-28)41-3)26-35-34-17-36(26)2/h11,15-16,18,20-23,26,34-35H,4-10,12-14,17H2,1-3H3/t18-,20?,22?,23?,26?,28?/m0/s1. The van der Waals surface area contributed by atoms with Crippen LogP contribution in [0.5, 0.6) is 0 Å². The van der Waals surface area contributed by atoms with Crippen molar-refractivity contribution in [1.29, 1.82) is 0 Å². The molecule has 2 N–H and O–H groups in total. The maximum Gasteiger partial charge on any atom is 0.418 e. The minimum absolute atomic E-state index is 0.0346. The lowest BCUT2D eigenvalue weighted by molar-refractivity contribution is -0.140. The molecule has 4 fully saturated rings. The van der Waals surface area contributed by atoms with Crippen molar-refractivity contribution in [1.82, 2.24) is 29.6 Å². The van der Waals surface area contributed by atoms with E-state index < -0.39 is 23.6 Å². The van der Waals surface area contributed by atoms with Gasteiger partial charge in [-0.1, -0.05) is 6.42 Å². The van der Waals surface area contributed by atoms with Crippen molar-refractivity contribution in [3.63, 3.8) is 0 Å². The second kappa shape index (κ2) is 10.9. The summed E-state index contributed by atoms with van der Waals surface area (Å²) >= 11 is 0. The summed E-state index contributed by atoms with van der Waals surface area (Å²) < 4.78 is 65.3. The highest BCUT2D eigenvalue weighted by molar-refractivity contribution is 5.56. The fraction of sp³-hybridized carbons (Fsp3) is 0.759. The number of likely N-dealkylation sites (tertiary alicyclic amines) is 1. The first-order chi connectivity index (χ1) is 19.5. The fourth-order valence-corrected chi connectivity index (χ4v) is 8.14. The molecule has 0 spiro atoms. The molecule has 8 nitrogen and oxygen atoms in total. The number of hydrogen-bond acceptors (Lipinski definition) is 6. The van der Waals surface area contributed by atoms with Crippen LogP contribution in [0.15, 0.2) is 23.3 Å². The lowest BCUT2D eigenvalue weighted by atomic mass is 9.54. The van der Waals surface area contributed by atoms with Crippen LogP contribution in [0.2, 0.25) is 0 Å². The summed E-state index contributed by atoms with van der Waals surface area (Å²) in [5.41, 5.74) is 5.74. The molecule has 2 saturated heterocycles. The minimum Gasteiger partial charge on any atom is -0.381 e. The molecule has 228 valence electrons. The first-order valence-electron chi connectivity index (χ1n) is 15.0. The maximum absolute atomic E-state index is 14.4. The lowest BCUT2D eigenvalue weighted by Crippen LogP contribution is -2.62. The number of fused-ring (bicyclic) bond motifs is 1. The summed E-state index contributed by atoms with van der Waals surface area (Å²) in [7, 11) is 3.83. The summed E-state index contributed by atoms with van der Waals surface area (Å²) in [5.74, 6) is 0.304. The van der Waals surface area contributed by atoms with Crippen LogP contribution in [0.1, 0.15) is 81.5 Å². The number of pyridine rings is 1. The van der Waals surface area contributed by atoms with E-state index in [4.69, 9.17) is 4.74 Å². The van der Waals surface area contributed by atoms with E-state index in [-0.39, 0.29) is 35.3 Å². The monoisotopic (exact) mass is 582 g/mol. The Morgan fingerprint density at radius 1 is 1.12 bits per heavy atom. The second-order valence-corrected chi connectivity index (χ2v) is 12.8. The van der Waals surface area contributed by atoms with Gasteiger partial charge in [0.05, 0.1) is 30.0 Å². The number of methoxy groups -OCH3 is 1.